The minimum atomic E-state index is -0.984. The second-order valence-electron chi connectivity index (χ2n) is 7.25. The summed E-state index contributed by atoms with van der Waals surface area (Å²) in [5.74, 6) is -0.984. The van der Waals surface area contributed by atoms with Crippen LogP contribution in [-0.4, -0.2) is 28.7 Å². The van der Waals surface area contributed by atoms with E-state index < -0.39 is 18.0 Å². The summed E-state index contributed by atoms with van der Waals surface area (Å²) in [4.78, 5) is 23.0. The Morgan fingerprint density at radius 2 is 1.70 bits per heavy atom. The van der Waals surface area contributed by atoms with Crippen LogP contribution in [0.3, 0.4) is 0 Å². The van der Waals surface area contributed by atoms with Gasteiger partial charge in [0, 0.05) is 5.54 Å². The first kappa shape index (κ1) is 18.7. The summed E-state index contributed by atoms with van der Waals surface area (Å²) < 4.78 is 0. The molecule has 0 rings (SSSR count). The topological polar surface area (TPSA) is 78.4 Å². The number of carboxylic acid groups (broad SMARTS) is 1. The van der Waals surface area contributed by atoms with Gasteiger partial charge < -0.3 is 15.7 Å². The lowest BCUT2D eigenvalue weighted by atomic mass is 9.82. The lowest BCUT2D eigenvalue weighted by Crippen LogP contribution is -2.53. The van der Waals surface area contributed by atoms with Crippen LogP contribution in [0.1, 0.15) is 67.2 Å². The first-order valence-corrected chi connectivity index (χ1v) is 7.28. The SMILES string of the molecule is CCCC[C@H](NC(=O)NC(C)(C)CC(C)(C)C)C(=O)O. The van der Waals surface area contributed by atoms with Gasteiger partial charge in [0.15, 0.2) is 0 Å². The van der Waals surface area contributed by atoms with Gasteiger partial charge in [-0.1, -0.05) is 40.5 Å². The smallest absolute Gasteiger partial charge is 0.326 e. The van der Waals surface area contributed by atoms with E-state index in [1.165, 1.54) is 0 Å². The van der Waals surface area contributed by atoms with Crippen molar-refractivity contribution in [2.45, 2.75) is 78.8 Å². The van der Waals surface area contributed by atoms with E-state index in [9.17, 15) is 9.59 Å². The van der Waals surface area contributed by atoms with Crippen LogP contribution in [0.5, 0.6) is 0 Å². The van der Waals surface area contributed by atoms with Crippen molar-refractivity contribution in [3.05, 3.63) is 0 Å². The molecule has 0 saturated carbocycles. The van der Waals surface area contributed by atoms with Crippen LogP contribution < -0.4 is 10.6 Å². The van der Waals surface area contributed by atoms with Crippen LogP contribution in [0, 0.1) is 5.41 Å². The third kappa shape index (κ3) is 8.77. The fourth-order valence-electron chi connectivity index (χ4n) is 2.54. The van der Waals surface area contributed by atoms with Crippen molar-refractivity contribution in [1.29, 1.82) is 0 Å². The Hall–Kier alpha value is -1.26. The molecule has 0 aliphatic rings. The van der Waals surface area contributed by atoms with Crippen LogP contribution in [0.4, 0.5) is 4.79 Å². The summed E-state index contributed by atoms with van der Waals surface area (Å²) >= 11 is 0. The molecule has 0 aromatic carbocycles. The monoisotopic (exact) mass is 286 g/mol. The van der Waals surface area contributed by atoms with Gasteiger partial charge in [-0.2, -0.15) is 0 Å². The highest BCUT2D eigenvalue weighted by atomic mass is 16.4. The third-order valence-electron chi connectivity index (χ3n) is 2.87. The van der Waals surface area contributed by atoms with Crippen molar-refractivity contribution < 1.29 is 14.7 Å². The maximum atomic E-state index is 11.9. The summed E-state index contributed by atoms with van der Waals surface area (Å²) in [6, 6.07) is -1.23. The molecule has 0 heterocycles. The number of unbranched alkanes of at least 4 members (excludes halogenated alkanes) is 1. The summed E-state index contributed by atoms with van der Waals surface area (Å²) in [6.45, 7) is 12.2. The van der Waals surface area contributed by atoms with Crippen LogP contribution in [0.15, 0.2) is 0 Å². The molecule has 5 nitrogen and oxygen atoms in total. The van der Waals surface area contributed by atoms with E-state index in [0.29, 0.717) is 6.42 Å². The van der Waals surface area contributed by atoms with Crippen LogP contribution >= 0.6 is 0 Å². The van der Waals surface area contributed by atoms with Crippen LogP contribution in [-0.2, 0) is 4.79 Å². The second-order valence-corrected chi connectivity index (χ2v) is 7.25. The molecule has 1 atom stereocenters. The van der Waals surface area contributed by atoms with Crippen molar-refractivity contribution in [2.75, 3.05) is 0 Å². The largest absolute Gasteiger partial charge is 0.480 e. The summed E-state index contributed by atoms with van der Waals surface area (Å²) in [6.07, 6.45) is 2.95. The second kappa shape index (κ2) is 7.50. The van der Waals surface area contributed by atoms with Gasteiger partial charge in [0.2, 0.25) is 0 Å². The van der Waals surface area contributed by atoms with E-state index in [-0.39, 0.29) is 11.0 Å². The van der Waals surface area contributed by atoms with E-state index in [1.54, 1.807) is 0 Å². The van der Waals surface area contributed by atoms with Crippen LogP contribution in [0.25, 0.3) is 0 Å². The Morgan fingerprint density at radius 3 is 2.10 bits per heavy atom. The van der Waals surface area contributed by atoms with E-state index in [2.05, 4.69) is 31.4 Å². The standard InChI is InChI=1S/C15H30N2O3/c1-7-8-9-11(12(18)19)16-13(20)17-15(5,6)10-14(2,3)4/h11H,7-10H2,1-6H3,(H,18,19)(H2,16,17,20)/t11-/m0/s1. The molecule has 0 unspecified atom stereocenters. The predicted octanol–water partition coefficient (Wildman–Crippen LogP) is 3.14. The summed E-state index contributed by atoms with van der Waals surface area (Å²) in [7, 11) is 0. The van der Waals surface area contributed by atoms with Gasteiger partial charge in [-0.15, -0.1) is 0 Å². The van der Waals surface area contributed by atoms with Gasteiger partial charge >= 0.3 is 12.0 Å². The van der Waals surface area contributed by atoms with Gasteiger partial charge in [0.25, 0.3) is 0 Å². The quantitative estimate of drug-likeness (QED) is 0.672. The normalized spacial score (nSPS) is 13.7. The zero-order chi connectivity index (χ0) is 16.0. The first-order chi connectivity index (χ1) is 8.97. The van der Waals surface area contributed by atoms with Gasteiger partial charge in [-0.25, -0.2) is 9.59 Å². The maximum Gasteiger partial charge on any atom is 0.326 e. The predicted molar refractivity (Wildman–Crippen MR) is 80.8 cm³/mol. The fraction of sp³-hybridized carbons (Fsp3) is 0.867. The number of nitrogens with one attached hydrogen (secondary N) is 2. The third-order valence-corrected chi connectivity index (χ3v) is 2.87. The van der Waals surface area contributed by atoms with Gasteiger partial charge in [0.1, 0.15) is 6.04 Å². The molecular formula is C15H30N2O3. The molecule has 0 aromatic heterocycles. The van der Waals surface area contributed by atoms with Crippen molar-refractivity contribution >= 4 is 12.0 Å². The van der Waals surface area contributed by atoms with Crippen molar-refractivity contribution in [3.63, 3.8) is 0 Å². The zero-order valence-electron chi connectivity index (χ0n) is 13.7. The number of carbonyl (C=O) groups is 2. The highest BCUT2D eigenvalue weighted by Gasteiger charge is 2.28. The average molecular weight is 286 g/mol. The van der Waals surface area contributed by atoms with Gasteiger partial charge in [-0.3, -0.25) is 0 Å². The van der Waals surface area contributed by atoms with E-state index in [4.69, 9.17) is 5.11 Å². The van der Waals surface area contributed by atoms with E-state index in [1.807, 2.05) is 20.8 Å². The molecule has 0 fully saturated rings. The molecule has 20 heavy (non-hydrogen) atoms. The highest BCUT2D eigenvalue weighted by molar-refractivity contribution is 5.82. The summed E-state index contributed by atoms with van der Waals surface area (Å²) in [5.41, 5.74) is -0.290. The lowest BCUT2D eigenvalue weighted by Gasteiger charge is -2.33. The fourth-order valence-corrected chi connectivity index (χ4v) is 2.54. The molecule has 2 amide bonds. The number of urea groups is 1. The molecule has 0 radical (unpaired) electrons. The molecule has 0 bridgehead atoms. The Kier molecular flexibility index (Phi) is 7.03. The molecule has 0 aliphatic carbocycles. The molecule has 3 N–H and O–H groups in total. The minimum Gasteiger partial charge on any atom is -0.480 e. The molecule has 0 aromatic rings. The molecule has 118 valence electrons. The number of aliphatic carboxylic acids is 1. The van der Waals surface area contributed by atoms with E-state index >= 15 is 0 Å². The minimum absolute atomic E-state index is 0.0885. The Balaban J connectivity index is 4.48. The number of amides is 2. The number of hydrogen-bond donors (Lipinski definition) is 3. The Bertz CT molecular complexity index is 333. The highest BCUT2D eigenvalue weighted by Crippen LogP contribution is 2.26. The molecule has 0 saturated heterocycles. The lowest BCUT2D eigenvalue weighted by molar-refractivity contribution is -0.139. The summed E-state index contributed by atoms with van der Waals surface area (Å²) in [5, 5.41) is 14.5. The Morgan fingerprint density at radius 1 is 1.15 bits per heavy atom. The zero-order valence-corrected chi connectivity index (χ0v) is 13.7. The number of hydrogen-bond acceptors (Lipinski definition) is 2. The molecule has 5 heteroatoms. The molecule has 0 spiro atoms. The van der Waals surface area contributed by atoms with Gasteiger partial charge in [-0.05, 0) is 32.1 Å². The molecule has 0 aliphatic heterocycles. The number of rotatable bonds is 7. The van der Waals surface area contributed by atoms with Gasteiger partial charge in [0.05, 0.1) is 0 Å². The van der Waals surface area contributed by atoms with Crippen molar-refractivity contribution in [3.8, 4) is 0 Å². The molecular weight excluding hydrogens is 256 g/mol. The number of carboxylic acids is 1. The van der Waals surface area contributed by atoms with Crippen LogP contribution in [0.2, 0.25) is 0 Å². The van der Waals surface area contributed by atoms with E-state index in [0.717, 1.165) is 19.3 Å². The first-order valence-electron chi connectivity index (χ1n) is 7.28. The maximum absolute atomic E-state index is 11.9. The average Bonchev–Trinajstić information content (AvgIpc) is 2.18. The van der Waals surface area contributed by atoms with Crippen molar-refractivity contribution in [2.24, 2.45) is 5.41 Å². The number of carbonyl (C=O) groups excluding carboxylic acids is 1. The Labute approximate surface area is 122 Å². The van der Waals surface area contributed by atoms with Crippen molar-refractivity contribution in [1.82, 2.24) is 10.6 Å².